The molecule has 0 spiro atoms. The van der Waals surface area contributed by atoms with E-state index in [4.69, 9.17) is 4.74 Å². The summed E-state index contributed by atoms with van der Waals surface area (Å²) in [7, 11) is 0. The lowest BCUT2D eigenvalue weighted by atomic mass is 10.2. The molecule has 3 aromatic rings. The Hall–Kier alpha value is -3.68. The number of hydrogen-bond acceptors (Lipinski definition) is 4. The molecule has 2 aromatic carbocycles. The van der Waals surface area contributed by atoms with Gasteiger partial charge in [0, 0.05) is 30.8 Å². The van der Waals surface area contributed by atoms with E-state index in [0.717, 1.165) is 5.39 Å². The van der Waals surface area contributed by atoms with Crippen molar-refractivity contribution in [3.05, 3.63) is 66.8 Å². The van der Waals surface area contributed by atoms with Crippen molar-refractivity contribution >= 4 is 28.6 Å². The highest BCUT2D eigenvalue weighted by Crippen LogP contribution is 2.31. The molecule has 8 heteroatoms. The Morgan fingerprint density at radius 2 is 1.97 bits per heavy atom. The van der Waals surface area contributed by atoms with Crippen LogP contribution in [0.5, 0.6) is 0 Å². The number of amides is 2. The standard InChI is InChI=1S/C21H19FN4O3/c1-2-29-20(27)10-11-24-12-13-25(21(24)28)17-8-5-9-18-15(17)14-23-26(18)19-7-4-3-6-16(19)22/h3-11,14H,2,12-13H2,1H3/b11-10+. The van der Waals surface area contributed by atoms with Gasteiger partial charge in [-0.3, -0.25) is 9.80 Å². The second-order valence-electron chi connectivity index (χ2n) is 6.41. The predicted octanol–water partition coefficient (Wildman–Crippen LogP) is 3.48. The number of hydrogen-bond donors (Lipinski definition) is 0. The maximum absolute atomic E-state index is 14.2. The van der Waals surface area contributed by atoms with Gasteiger partial charge in [0.15, 0.2) is 0 Å². The smallest absolute Gasteiger partial charge is 0.332 e. The molecule has 0 aliphatic carbocycles. The van der Waals surface area contributed by atoms with Crippen LogP contribution in [0.2, 0.25) is 0 Å². The van der Waals surface area contributed by atoms with Crippen molar-refractivity contribution in [3.63, 3.8) is 0 Å². The summed E-state index contributed by atoms with van der Waals surface area (Å²) in [5.41, 5.74) is 1.72. The van der Waals surface area contributed by atoms with Gasteiger partial charge in [0.2, 0.25) is 0 Å². The number of carbonyl (C=O) groups is 2. The number of fused-ring (bicyclic) bond motifs is 1. The maximum atomic E-state index is 14.2. The van der Waals surface area contributed by atoms with E-state index in [-0.39, 0.29) is 18.5 Å². The number of benzene rings is 2. The number of rotatable bonds is 5. The van der Waals surface area contributed by atoms with E-state index < -0.39 is 5.97 Å². The van der Waals surface area contributed by atoms with E-state index in [9.17, 15) is 14.0 Å². The monoisotopic (exact) mass is 394 g/mol. The minimum Gasteiger partial charge on any atom is -0.463 e. The molecule has 1 aliphatic heterocycles. The third kappa shape index (κ3) is 3.44. The van der Waals surface area contributed by atoms with Crippen LogP contribution in [0.1, 0.15) is 6.92 Å². The van der Waals surface area contributed by atoms with E-state index in [0.29, 0.717) is 30.0 Å². The number of nitrogens with zero attached hydrogens (tertiary/aromatic N) is 4. The first kappa shape index (κ1) is 18.7. The Kier molecular flexibility index (Phi) is 4.99. The number of ether oxygens (including phenoxy) is 1. The van der Waals surface area contributed by atoms with Gasteiger partial charge in [-0.2, -0.15) is 5.10 Å². The lowest BCUT2D eigenvalue weighted by molar-refractivity contribution is -0.137. The predicted molar refractivity (Wildman–Crippen MR) is 106 cm³/mol. The molecule has 0 bridgehead atoms. The van der Waals surface area contributed by atoms with Gasteiger partial charge >= 0.3 is 12.0 Å². The summed E-state index contributed by atoms with van der Waals surface area (Å²) in [6.45, 7) is 2.89. The molecule has 1 aromatic heterocycles. The maximum Gasteiger partial charge on any atom is 0.332 e. The lowest BCUT2D eigenvalue weighted by Gasteiger charge is -2.17. The summed E-state index contributed by atoms with van der Waals surface area (Å²) >= 11 is 0. The van der Waals surface area contributed by atoms with Gasteiger partial charge in [-0.05, 0) is 31.2 Å². The van der Waals surface area contributed by atoms with Crippen molar-refractivity contribution in [2.75, 3.05) is 24.6 Å². The highest BCUT2D eigenvalue weighted by atomic mass is 19.1. The summed E-state index contributed by atoms with van der Waals surface area (Å²) in [4.78, 5) is 27.4. The van der Waals surface area contributed by atoms with Crippen molar-refractivity contribution in [1.82, 2.24) is 14.7 Å². The quantitative estimate of drug-likeness (QED) is 0.491. The third-order valence-corrected chi connectivity index (χ3v) is 4.68. The Balaban J connectivity index is 1.65. The minimum absolute atomic E-state index is 0.253. The fourth-order valence-electron chi connectivity index (χ4n) is 3.34. The van der Waals surface area contributed by atoms with Crippen LogP contribution < -0.4 is 4.90 Å². The average Bonchev–Trinajstić information content (AvgIpc) is 3.31. The molecule has 148 valence electrons. The second-order valence-corrected chi connectivity index (χ2v) is 6.41. The Morgan fingerprint density at radius 3 is 2.76 bits per heavy atom. The van der Waals surface area contributed by atoms with Crippen molar-refractivity contribution in [2.45, 2.75) is 6.92 Å². The molecule has 1 fully saturated rings. The summed E-state index contributed by atoms with van der Waals surface area (Å²) in [5.74, 6) is -0.873. The molecular formula is C21H19FN4O3. The van der Waals surface area contributed by atoms with E-state index in [2.05, 4.69) is 5.10 Å². The van der Waals surface area contributed by atoms with Crippen molar-refractivity contribution in [3.8, 4) is 5.69 Å². The summed E-state index contributed by atoms with van der Waals surface area (Å²) in [5, 5.41) is 5.07. The molecule has 0 unspecified atom stereocenters. The van der Waals surface area contributed by atoms with E-state index in [1.165, 1.54) is 27.9 Å². The molecule has 7 nitrogen and oxygen atoms in total. The lowest BCUT2D eigenvalue weighted by Crippen LogP contribution is -2.29. The van der Waals surface area contributed by atoms with Crippen molar-refractivity contribution < 1.29 is 18.7 Å². The first-order valence-electron chi connectivity index (χ1n) is 9.25. The third-order valence-electron chi connectivity index (χ3n) is 4.68. The molecule has 0 radical (unpaired) electrons. The summed E-state index contributed by atoms with van der Waals surface area (Å²) < 4.78 is 20.6. The highest BCUT2D eigenvalue weighted by Gasteiger charge is 2.30. The van der Waals surface area contributed by atoms with Crippen LogP contribution in [0.15, 0.2) is 60.9 Å². The normalized spacial score (nSPS) is 14.3. The molecule has 2 amide bonds. The number of para-hydroxylation sites is 1. The number of halogens is 1. The fraction of sp³-hybridized carbons (Fsp3) is 0.190. The Labute approximate surface area is 166 Å². The molecule has 0 atom stereocenters. The van der Waals surface area contributed by atoms with Gasteiger partial charge in [-0.15, -0.1) is 0 Å². The van der Waals surface area contributed by atoms with Crippen LogP contribution in [-0.2, 0) is 9.53 Å². The SMILES string of the molecule is CCOC(=O)/C=C/N1CCN(c2cccc3c2cnn3-c2ccccc2F)C1=O. The van der Waals surface area contributed by atoms with Crippen LogP contribution in [0.4, 0.5) is 14.9 Å². The molecule has 2 heterocycles. The first-order valence-corrected chi connectivity index (χ1v) is 9.25. The largest absolute Gasteiger partial charge is 0.463 e. The van der Waals surface area contributed by atoms with Crippen molar-refractivity contribution in [2.24, 2.45) is 0 Å². The fourth-order valence-corrected chi connectivity index (χ4v) is 3.34. The van der Waals surface area contributed by atoms with Crippen LogP contribution in [0.3, 0.4) is 0 Å². The number of anilines is 1. The zero-order valence-electron chi connectivity index (χ0n) is 15.8. The highest BCUT2D eigenvalue weighted by molar-refractivity contribution is 6.04. The molecule has 1 aliphatic rings. The zero-order chi connectivity index (χ0) is 20.4. The van der Waals surface area contributed by atoms with Crippen LogP contribution in [-0.4, -0.2) is 46.4 Å². The van der Waals surface area contributed by atoms with E-state index >= 15 is 0 Å². The van der Waals surface area contributed by atoms with Gasteiger partial charge in [-0.25, -0.2) is 18.7 Å². The Bertz CT molecular complexity index is 1110. The molecule has 29 heavy (non-hydrogen) atoms. The molecular weight excluding hydrogens is 375 g/mol. The van der Waals surface area contributed by atoms with Crippen LogP contribution in [0.25, 0.3) is 16.6 Å². The topological polar surface area (TPSA) is 67.7 Å². The molecule has 0 saturated carbocycles. The van der Waals surface area contributed by atoms with E-state index in [1.54, 1.807) is 42.3 Å². The van der Waals surface area contributed by atoms with Gasteiger partial charge in [0.25, 0.3) is 0 Å². The summed E-state index contributed by atoms with van der Waals surface area (Å²) in [6, 6.07) is 11.6. The number of carbonyl (C=O) groups excluding carboxylic acids is 2. The molecule has 4 rings (SSSR count). The second kappa shape index (κ2) is 7.75. The van der Waals surface area contributed by atoms with E-state index in [1.807, 2.05) is 12.1 Å². The average molecular weight is 394 g/mol. The van der Waals surface area contributed by atoms with Gasteiger partial charge < -0.3 is 4.74 Å². The van der Waals surface area contributed by atoms with Gasteiger partial charge in [0.05, 0.1) is 24.0 Å². The summed E-state index contributed by atoms with van der Waals surface area (Å²) in [6.07, 6.45) is 4.30. The molecule has 0 N–H and O–H groups in total. The number of urea groups is 1. The number of aromatic nitrogens is 2. The van der Waals surface area contributed by atoms with Crippen LogP contribution in [0, 0.1) is 5.82 Å². The minimum atomic E-state index is -0.494. The Morgan fingerprint density at radius 1 is 1.17 bits per heavy atom. The number of esters is 1. The van der Waals surface area contributed by atoms with Gasteiger partial charge in [0.1, 0.15) is 11.5 Å². The van der Waals surface area contributed by atoms with Crippen LogP contribution >= 0.6 is 0 Å². The zero-order valence-corrected chi connectivity index (χ0v) is 15.8. The van der Waals surface area contributed by atoms with Crippen molar-refractivity contribution in [1.29, 1.82) is 0 Å². The van der Waals surface area contributed by atoms with Gasteiger partial charge in [-0.1, -0.05) is 18.2 Å². The first-order chi connectivity index (χ1) is 14.1. The molecule has 1 saturated heterocycles.